The summed E-state index contributed by atoms with van der Waals surface area (Å²) in [6.45, 7) is -0.226. The summed E-state index contributed by atoms with van der Waals surface area (Å²) < 4.78 is 27.0. The lowest BCUT2D eigenvalue weighted by atomic mass is 9.88. The van der Waals surface area contributed by atoms with Crippen LogP contribution in [0.15, 0.2) is 12.3 Å². The first-order chi connectivity index (χ1) is 13.0. The lowest BCUT2D eigenvalue weighted by Crippen LogP contribution is -2.60. The highest BCUT2D eigenvalue weighted by atomic mass is 32.1. The van der Waals surface area contributed by atoms with Gasteiger partial charge in [0, 0.05) is 24.2 Å². The quantitative estimate of drug-likeness (QED) is 0.864. The molecule has 1 aliphatic heterocycles. The molecule has 1 saturated heterocycles. The number of pyridine rings is 1. The molecule has 5 rings (SSSR count). The highest BCUT2D eigenvalue weighted by molar-refractivity contribution is 7.18. The number of halogens is 2. The van der Waals surface area contributed by atoms with Gasteiger partial charge in [0.25, 0.3) is 11.8 Å². The van der Waals surface area contributed by atoms with Crippen LogP contribution in [0.5, 0.6) is 0 Å². The minimum atomic E-state index is -2.51. The highest BCUT2D eigenvalue weighted by Crippen LogP contribution is 2.43. The summed E-state index contributed by atoms with van der Waals surface area (Å²) in [7, 11) is 0. The molecule has 2 aromatic rings. The van der Waals surface area contributed by atoms with Crippen molar-refractivity contribution in [2.24, 2.45) is 0 Å². The summed E-state index contributed by atoms with van der Waals surface area (Å²) >= 11 is 1.64. The first kappa shape index (κ1) is 17.4. The number of likely N-dealkylation sites (tertiary alicyclic amines) is 1. The predicted molar refractivity (Wildman–Crippen MR) is 99.4 cm³/mol. The Morgan fingerprint density at radius 2 is 1.93 bits per heavy atom. The molecule has 3 fully saturated rings. The van der Waals surface area contributed by atoms with Gasteiger partial charge in [-0.05, 0) is 44.6 Å². The first-order valence-corrected chi connectivity index (χ1v) is 10.5. The second-order valence-electron chi connectivity index (χ2n) is 8.11. The monoisotopic (exact) mass is 392 g/mol. The van der Waals surface area contributed by atoms with Gasteiger partial charge >= 0.3 is 0 Å². The van der Waals surface area contributed by atoms with Crippen LogP contribution < -0.4 is 5.32 Å². The number of fused-ring (bicyclic) bond motifs is 1. The Labute approximate surface area is 160 Å². The van der Waals surface area contributed by atoms with Gasteiger partial charge in [0.15, 0.2) is 5.65 Å². The minimum absolute atomic E-state index is 0.106. The number of aromatic nitrogens is 2. The Hall–Kier alpha value is -1.67. The molecule has 3 heterocycles. The largest absolute Gasteiger partial charge is 0.349 e. The molecule has 0 unspecified atom stereocenters. The summed E-state index contributed by atoms with van der Waals surface area (Å²) in [5.41, 5.74) is 1.29. The second kappa shape index (κ2) is 6.44. The van der Waals surface area contributed by atoms with Crippen LogP contribution in [0.2, 0.25) is 0 Å². The van der Waals surface area contributed by atoms with E-state index in [0.29, 0.717) is 11.5 Å². The molecule has 3 aliphatic rings. The molecule has 27 heavy (non-hydrogen) atoms. The van der Waals surface area contributed by atoms with E-state index in [1.807, 2.05) is 11.0 Å². The molecule has 2 saturated carbocycles. The van der Waals surface area contributed by atoms with Crippen molar-refractivity contribution >= 4 is 27.6 Å². The number of amides is 1. The van der Waals surface area contributed by atoms with Crippen LogP contribution in [0.25, 0.3) is 10.3 Å². The van der Waals surface area contributed by atoms with E-state index < -0.39 is 5.92 Å². The van der Waals surface area contributed by atoms with Crippen LogP contribution in [-0.2, 0) is 0 Å². The van der Waals surface area contributed by atoms with Crippen molar-refractivity contribution in [3.8, 4) is 0 Å². The number of carbonyl (C=O) groups excluding carboxylic acids is 1. The molecule has 0 bridgehead atoms. The number of nitrogens with zero attached hydrogens (tertiary/aromatic N) is 3. The van der Waals surface area contributed by atoms with Crippen LogP contribution in [0.3, 0.4) is 0 Å². The topological polar surface area (TPSA) is 58.1 Å². The first-order valence-electron chi connectivity index (χ1n) is 9.66. The summed E-state index contributed by atoms with van der Waals surface area (Å²) in [6.07, 6.45) is 7.38. The molecule has 0 atom stereocenters. The molecule has 0 spiro atoms. The van der Waals surface area contributed by atoms with Crippen LogP contribution in [-0.4, -0.2) is 51.9 Å². The van der Waals surface area contributed by atoms with Crippen molar-refractivity contribution in [3.63, 3.8) is 0 Å². The van der Waals surface area contributed by atoms with E-state index in [1.165, 1.54) is 12.8 Å². The molecule has 2 aromatic heterocycles. The van der Waals surface area contributed by atoms with E-state index in [2.05, 4.69) is 15.3 Å². The molecule has 1 N–H and O–H groups in total. The zero-order valence-electron chi connectivity index (χ0n) is 15.0. The van der Waals surface area contributed by atoms with Crippen LogP contribution in [0, 0.1) is 0 Å². The van der Waals surface area contributed by atoms with Crippen LogP contribution in [0.4, 0.5) is 8.78 Å². The summed E-state index contributed by atoms with van der Waals surface area (Å²) in [5.74, 6) is -2.03. The third-order valence-corrected chi connectivity index (χ3v) is 7.02. The summed E-state index contributed by atoms with van der Waals surface area (Å²) in [4.78, 5) is 23.4. The molecule has 0 radical (unpaired) electrons. The Bertz CT molecular complexity index is 866. The van der Waals surface area contributed by atoms with Crippen molar-refractivity contribution in [2.75, 3.05) is 13.1 Å². The van der Waals surface area contributed by atoms with Crippen molar-refractivity contribution in [3.05, 3.63) is 22.8 Å². The van der Waals surface area contributed by atoms with E-state index >= 15 is 0 Å². The molecule has 144 valence electrons. The predicted octanol–water partition coefficient (Wildman–Crippen LogP) is 3.56. The second-order valence-corrected chi connectivity index (χ2v) is 9.17. The zero-order valence-corrected chi connectivity index (χ0v) is 15.8. The van der Waals surface area contributed by atoms with Gasteiger partial charge in [0.2, 0.25) is 0 Å². The van der Waals surface area contributed by atoms with Crippen molar-refractivity contribution in [2.45, 2.75) is 62.4 Å². The van der Waals surface area contributed by atoms with Crippen molar-refractivity contribution in [1.29, 1.82) is 0 Å². The van der Waals surface area contributed by atoms with Gasteiger partial charge in [-0.2, -0.15) is 0 Å². The van der Waals surface area contributed by atoms with Gasteiger partial charge in [0.1, 0.15) is 0 Å². The number of hydrogen-bond donors (Lipinski definition) is 1. The Morgan fingerprint density at radius 3 is 2.59 bits per heavy atom. The van der Waals surface area contributed by atoms with Gasteiger partial charge in [-0.3, -0.25) is 9.69 Å². The van der Waals surface area contributed by atoms with E-state index in [-0.39, 0.29) is 31.1 Å². The Balaban J connectivity index is 1.18. The number of thiazole rings is 1. The van der Waals surface area contributed by atoms with Crippen molar-refractivity contribution < 1.29 is 13.6 Å². The lowest BCUT2D eigenvalue weighted by Gasteiger charge is -2.46. The van der Waals surface area contributed by atoms with Gasteiger partial charge in [-0.15, -0.1) is 11.3 Å². The third-order valence-electron chi connectivity index (χ3n) is 5.87. The lowest BCUT2D eigenvalue weighted by molar-refractivity contribution is -0.150. The fourth-order valence-corrected chi connectivity index (χ4v) is 5.26. The maximum atomic E-state index is 13.0. The van der Waals surface area contributed by atoms with Gasteiger partial charge in [-0.25, -0.2) is 18.7 Å². The average molecular weight is 392 g/mol. The highest BCUT2D eigenvalue weighted by Gasteiger charge is 2.47. The number of carbonyl (C=O) groups is 1. The fourth-order valence-electron chi connectivity index (χ4n) is 4.13. The Morgan fingerprint density at radius 1 is 1.19 bits per heavy atom. The van der Waals surface area contributed by atoms with E-state index in [0.717, 1.165) is 41.0 Å². The smallest absolute Gasteiger partial charge is 0.272 e. The SMILES string of the molecule is O=C(N[C@H]1CC[C@H](N2CC(F)(F)C2)CC1)c1cnc2nc(C3CC3)sc2c1. The molecular formula is C19H22F2N4OS. The zero-order chi connectivity index (χ0) is 18.6. The average Bonchev–Trinajstić information content (AvgIpc) is 3.39. The molecule has 2 aliphatic carbocycles. The molecule has 0 aromatic carbocycles. The number of nitrogens with one attached hydrogen (secondary N) is 1. The third kappa shape index (κ3) is 3.57. The van der Waals surface area contributed by atoms with E-state index in [9.17, 15) is 13.6 Å². The van der Waals surface area contributed by atoms with Gasteiger partial charge in [-0.1, -0.05) is 0 Å². The number of rotatable bonds is 4. The normalized spacial score (nSPS) is 28.1. The maximum Gasteiger partial charge on any atom is 0.272 e. The van der Waals surface area contributed by atoms with Crippen molar-refractivity contribution in [1.82, 2.24) is 20.2 Å². The van der Waals surface area contributed by atoms with Crippen LogP contribution in [0.1, 0.15) is 59.8 Å². The maximum absolute atomic E-state index is 13.0. The number of hydrogen-bond acceptors (Lipinski definition) is 5. The summed E-state index contributed by atoms with van der Waals surface area (Å²) in [5, 5.41) is 4.22. The number of alkyl halides is 2. The molecular weight excluding hydrogens is 370 g/mol. The molecule has 1 amide bonds. The van der Waals surface area contributed by atoms with Gasteiger partial charge in [0.05, 0.1) is 28.4 Å². The van der Waals surface area contributed by atoms with Gasteiger partial charge < -0.3 is 5.32 Å². The molecule has 5 nitrogen and oxygen atoms in total. The Kier molecular flexibility index (Phi) is 4.16. The van der Waals surface area contributed by atoms with E-state index in [1.54, 1.807) is 17.5 Å². The fraction of sp³-hybridized carbons (Fsp3) is 0.632. The summed E-state index contributed by atoms with van der Waals surface area (Å²) in [6, 6.07) is 2.22. The molecule has 8 heteroatoms. The van der Waals surface area contributed by atoms with Crippen LogP contribution >= 0.6 is 11.3 Å². The minimum Gasteiger partial charge on any atom is -0.349 e. The van der Waals surface area contributed by atoms with E-state index in [4.69, 9.17) is 0 Å². The standard InChI is InChI=1S/C19H22F2N4OS/c20-19(21)9-25(10-19)14-5-3-13(4-6-14)23-17(26)12-7-15-16(22-8-12)24-18(27-15)11-1-2-11/h7-8,11,13-14H,1-6,9-10H2,(H,23,26)/t13-,14-.